The van der Waals surface area contributed by atoms with Gasteiger partial charge in [-0.25, -0.2) is 8.78 Å². The van der Waals surface area contributed by atoms with Gasteiger partial charge < -0.3 is 5.84 Å². The SMILES string of the molecule is Nn1cc(C(F)F)c2ccccc21. The Kier molecular flexibility index (Phi) is 1.69. The highest BCUT2D eigenvalue weighted by molar-refractivity contribution is 5.84. The second-order valence-electron chi connectivity index (χ2n) is 2.81. The van der Waals surface area contributed by atoms with Crippen LogP contribution >= 0.6 is 0 Å². The van der Waals surface area contributed by atoms with Crippen LogP contribution < -0.4 is 5.84 Å². The van der Waals surface area contributed by atoms with Crippen molar-refractivity contribution in [2.24, 2.45) is 0 Å². The standard InChI is InChI=1S/C9H8F2N2/c10-9(11)7-5-13(12)8-4-2-1-3-6(7)8/h1-5,9H,12H2. The van der Waals surface area contributed by atoms with Crippen LogP contribution in [0.15, 0.2) is 30.5 Å². The topological polar surface area (TPSA) is 30.9 Å². The molecule has 0 fully saturated rings. The minimum absolute atomic E-state index is 0.0156. The van der Waals surface area contributed by atoms with Crippen LogP contribution in [0.5, 0.6) is 0 Å². The van der Waals surface area contributed by atoms with E-state index in [4.69, 9.17) is 5.84 Å². The molecule has 0 aliphatic rings. The largest absolute Gasteiger partial charge is 0.339 e. The van der Waals surface area contributed by atoms with E-state index in [9.17, 15) is 8.78 Å². The number of fused-ring (bicyclic) bond motifs is 1. The van der Waals surface area contributed by atoms with Gasteiger partial charge in [0.25, 0.3) is 6.43 Å². The van der Waals surface area contributed by atoms with Gasteiger partial charge >= 0.3 is 0 Å². The predicted octanol–water partition coefficient (Wildman–Crippen LogP) is 2.29. The molecule has 13 heavy (non-hydrogen) atoms. The molecule has 4 heteroatoms. The fraction of sp³-hybridized carbons (Fsp3) is 0.111. The summed E-state index contributed by atoms with van der Waals surface area (Å²) in [5.41, 5.74) is 0.607. The summed E-state index contributed by atoms with van der Waals surface area (Å²) >= 11 is 0. The Morgan fingerprint density at radius 3 is 2.62 bits per heavy atom. The van der Waals surface area contributed by atoms with E-state index in [2.05, 4.69) is 0 Å². The highest BCUT2D eigenvalue weighted by atomic mass is 19.3. The van der Waals surface area contributed by atoms with Crippen LogP contribution in [0.3, 0.4) is 0 Å². The van der Waals surface area contributed by atoms with Gasteiger partial charge in [0.2, 0.25) is 0 Å². The molecule has 0 saturated carbocycles. The molecule has 2 rings (SSSR count). The van der Waals surface area contributed by atoms with E-state index >= 15 is 0 Å². The van der Waals surface area contributed by atoms with Gasteiger partial charge in [-0.15, -0.1) is 0 Å². The Morgan fingerprint density at radius 1 is 1.23 bits per heavy atom. The van der Waals surface area contributed by atoms with Crippen LogP contribution in [0.25, 0.3) is 10.9 Å². The van der Waals surface area contributed by atoms with Crippen molar-refractivity contribution in [2.75, 3.05) is 5.84 Å². The molecular weight excluding hydrogens is 174 g/mol. The van der Waals surface area contributed by atoms with E-state index in [0.717, 1.165) is 0 Å². The number of nitrogens with zero attached hydrogens (tertiary/aromatic N) is 1. The van der Waals surface area contributed by atoms with Crippen LogP contribution in [0.4, 0.5) is 8.78 Å². The molecule has 1 heterocycles. The van der Waals surface area contributed by atoms with Crippen LogP contribution in [0, 0.1) is 0 Å². The predicted molar refractivity (Wildman–Crippen MR) is 47.0 cm³/mol. The summed E-state index contributed by atoms with van der Waals surface area (Å²) in [6.07, 6.45) is -1.22. The fourth-order valence-corrected chi connectivity index (χ4v) is 1.41. The van der Waals surface area contributed by atoms with Crippen LogP contribution in [0.2, 0.25) is 0 Å². The van der Waals surface area contributed by atoms with Gasteiger partial charge in [-0.2, -0.15) is 0 Å². The lowest BCUT2D eigenvalue weighted by atomic mass is 10.2. The van der Waals surface area contributed by atoms with E-state index in [0.29, 0.717) is 10.9 Å². The molecule has 0 amide bonds. The van der Waals surface area contributed by atoms with Crippen molar-refractivity contribution >= 4 is 10.9 Å². The molecule has 68 valence electrons. The van der Waals surface area contributed by atoms with E-state index < -0.39 is 6.43 Å². The van der Waals surface area contributed by atoms with Crippen molar-refractivity contribution in [2.45, 2.75) is 6.43 Å². The Balaban J connectivity index is 2.78. The molecule has 2 nitrogen and oxygen atoms in total. The second-order valence-corrected chi connectivity index (χ2v) is 2.81. The maximum Gasteiger partial charge on any atom is 0.265 e. The number of alkyl halides is 2. The summed E-state index contributed by atoms with van der Waals surface area (Å²) in [4.78, 5) is 0. The Bertz CT molecular complexity index is 434. The number of nitrogens with two attached hydrogens (primary N) is 1. The number of rotatable bonds is 1. The van der Waals surface area contributed by atoms with E-state index in [-0.39, 0.29) is 5.56 Å². The number of aromatic nitrogens is 1. The molecule has 2 N–H and O–H groups in total. The average Bonchev–Trinajstić information content (AvgIpc) is 2.45. The maximum absolute atomic E-state index is 12.4. The molecule has 0 aliphatic carbocycles. The molecule has 0 saturated heterocycles. The summed E-state index contributed by atoms with van der Waals surface area (Å²) in [5, 5.41) is 0.514. The second kappa shape index (κ2) is 2.73. The average molecular weight is 182 g/mol. The first kappa shape index (κ1) is 8.04. The van der Waals surface area contributed by atoms with Crippen molar-refractivity contribution in [3.63, 3.8) is 0 Å². The monoisotopic (exact) mass is 182 g/mol. The van der Waals surface area contributed by atoms with Crippen molar-refractivity contribution in [3.05, 3.63) is 36.0 Å². The first-order valence-electron chi connectivity index (χ1n) is 3.83. The number of hydrogen-bond acceptors (Lipinski definition) is 1. The van der Waals surface area contributed by atoms with Gasteiger partial charge in [-0.05, 0) is 6.07 Å². The van der Waals surface area contributed by atoms with Crippen LogP contribution in [0.1, 0.15) is 12.0 Å². The van der Waals surface area contributed by atoms with Crippen molar-refractivity contribution in [1.82, 2.24) is 4.68 Å². The number of benzene rings is 1. The normalized spacial score (nSPS) is 11.3. The van der Waals surface area contributed by atoms with Gasteiger partial charge in [-0.3, -0.25) is 4.68 Å². The van der Waals surface area contributed by atoms with Gasteiger partial charge in [0.15, 0.2) is 0 Å². The molecule has 1 aromatic heterocycles. The lowest BCUT2D eigenvalue weighted by Crippen LogP contribution is -2.04. The van der Waals surface area contributed by atoms with Crippen molar-refractivity contribution in [1.29, 1.82) is 0 Å². The summed E-state index contributed by atoms with van der Waals surface area (Å²) in [6, 6.07) is 6.83. The first-order valence-corrected chi connectivity index (χ1v) is 3.83. The lowest BCUT2D eigenvalue weighted by molar-refractivity contribution is 0.153. The zero-order valence-electron chi connectivity index (χ0n) is 6.74. The van der Waals surface area contributed by atoms with Crippen molar-refractivity contribution < 1.29 is 8.78 Å². The van der Waals surface area contributed by atoms with Crippen LogP contribution in [-0.4, -0.2) is 4.68 Å². The van der Waals surface area contributed by atoms with E-state index in [1.54, 1.807) is 24.3 Å². The zero-order chi connectivity index (χ0) is 9.42. The zero-order valence-corrected chi connectivity index (χ0v) is 6.74. The molecular formula is C9H8F2N2. The summed E-state index contributed by atoms with van der Waals surface area (Å²) < 4.78 is 26.1. The summed E-state index contributed by atoms with van der Waals surface area (Å²) in [7, 11) is 0. The fourth-order valence-electron chi connectivity index (χ4n) is 1.41. The van der Waals surface area contributed by atoms with Crippen molar-refractivity contribution in [3.8, 4) is 0 Å². The minimum Gasteiger partial charge on any atom is -0.339 e. The van der Waals surface area contributed by atoms with E-state index in [1.807, 2.05) is 0 Å². The highest BCUT2D eigenvalue weighted by Gasteiger charge is 2.14. The third-order valence-corrected chi connectivity index (χ3v) is 2.01. The van der Waals surface area contributed by atoms with Gasteiger partial charge in [-0.1, -0.05) is 18.2 Å². The summed E-state index contributed by atoms with van der Waals surface area (Å²) in [5.74, 6) is 5.50. The van der Waals surface area contributed by atoms with Gasteiger partial charge in [0.05, 0.1) is 5.52 Å². The number of hydrogen-bond donors (Lipinski definition) is 1. The molecule has 0 atom stereocenters. The lowest BCUT2D eigenvalue weighted by Gasteiger charge is -1.94. The van der Waals surface area contributed by atoms with E-state index in [1.165, 1.54) is 10.9 Å². The molecule has 0 unspecified atom stereocenters. The van der Waals surface area contributed by atoms with Gasteiger partial charge in [0, 0.05) is 17.1 Å². The third-order valence-electron chi connectivity index (χ3n) is 2.01. The van der Waals surface area contributed by atoms with Crippen LogP contribution in [-0.2, 0) is 0 Å². The third kappa shape index (κ3) is 1.14. The smallest absolute Gasteiger partial charge is 0.265 e. The number of para-hydroxylation sites is 1. The number of halogens is 2. The molecule has 0 spiro atoms. The quantitative estimate of drug-likeness (QED) is 0.674. The highest BCUT2D eigenvalue weighted by Crippen LogP contribution is 2.27. The Hall–Kier alpha value is -1.58. The Morgan fingerprint density at radius 2 is 1.92 bits per heavy atom. The Labute approximate surface area is 73.5 Å². The minimum atomic E-state index is -2.48. The first-order chi connectivity index (χ1) is 6.20. The molecule has 1 aromatic carbocycles. The van der Waals surface area contributed by atoms with Gasteiger partial charge in [0.1, 0.15) is 0 Å². The molecule has 0 radical (unpaired) electrons. The maximum atomic E-state index is 12.4. The molecule has 2 aromatic rings. The summed E-state index contributed by atoms with van der Waals surface area (Å²) in [6.45, 7) is 0. The molecule has 0 bridgehead atoms. The molecule has 0 aliphatic heterocycles. The number of nitrogen functional groups attached to an aromatic ring is 1.